The predicted octanol–water partition coefficient (Wildman–Crippen LogP) is 2.04. The number of halogens is 1. The fourth-order valence-corrected chi connectivity index (χ4v) is 0.570. The molecule has 0 bridgehead atoms. The monoisotopic (exact) mass is 160 g/mol. The van der Waals surface area contributed by atoms with Gasteiger partial charge in [0.15, 0.2) is 0 Å². The minimum Gasteiger partial charge on any atom is -0.478 e. The molecule has 0 spiro atoms. The van der Waals surface area contributed by atoms with Crippen LogP contribution in [0.25, 0.3) is 0 Å². The molecule has 1 rings (SSSR count). The van der Waals surface area contributed by atoms with Crippen molar-refractivity contribution in [3.05, 3.63) is 34.8 Å². The first-order valence-corrected chi connectivity index (χ1v) is 2.74. The van der Waals surface area contributed by atoms with Crippen molar-refractivity contribution < 1.29 is 15.4 Å². The number of benzene rings is 1. The van der Waals surface area contributed by atoms with E-state index in [0.29, 0.717) is 0 Å². The van der Waals surface area contributed by atoms with Gasteiger partial charge in [-0.15, -0.1) is 0 Å². The van der Waals surface area contributed by atoms with Crippen LogP contribution < -0.4 is 0 Å². The fraction of sp³-hybridized carbons (Fsp3) is 0. The van der Waals surface area contributed by atoms with Gasteiger partial charge in [0.25, 0.3) is 0 Å². The van der Waals surface area contributed by atoms with Gasteiger partial charge in [0, 0.05) is 5.02 Å². The van der Waals surface area contributed by atoms with Crippen LogP contribution in [-0.2, 0) is 0 Å². The zero-order chi connectivity index (χ0) is 11.0. The second-order valence-electron chi connectivity index (χ2n) is 1.49. The molecule has 0 atom stereocenters. The predicted molar refractivity (Wildman–Crippen MR) is 38.4 cm³/mol. The second-order valence-corrected chi connectivity index (χ2v) is 1.87. The van der Waals surface area contributed by atoms with Crippen LogP contribution in [0.3, 0.4) is 0 Å². The van der Waals surface area contributed by atoms with Crippen LogP contribution in [0.2, 0.25) is 5.02 Å². The molecule has 0 heterocycles. The Hall–Kier alpha value is -1.02. The van der Waals surface area contributed by atoms with Gasteiger partial charge in [-0.3, -0.25) is 0 Å². The maximum Gasteiger partial charge on any atom is 0.335 e. The summed E-state index contributed by atoms with van der Waals surface area (Å²) in [5.74, 6) is -1.49. The summed E-state index contributed by atoms with van der Waals surface area (Å²) in [5, 5.41) is 8.23. The van der Waals surface area contributed by atoms with E-state index in [0.717, 1.165) is 0 Å². The first-order chi connectivity index (χ1) is 6.37. The molecule has 0 unspecified atom stereocenters. The lowest BCUT2D eigenvalue weighted by Gasteiger charge is -1.92. The maximum atomic E-state index is 10.6. The van der Waals surface area contributed by atoms with Gasteiger partial charge in [-0.05, 0) is 18.1 Å². The number of carboxylic acids is 1. The number of hydrogen-bond donors (Lipinski definition) is 1. The molecule has 1 aromatic carbocycles. The van der Waals surface area contributed by atoms with E-state index in [4.69, 9.17) is 22.2 Å². The zero-order valence-corrected chi connectivity index (χ0v) is 5.49. The summed E-state index contributed by atoms with van der Waals surface area (Å²) in [6.07, 6.45) is 0. The molecule has 10 heavy (non-hydrogen) atoms. The third-order valence-corrected chi connectivity index (χ3v) is 0.997. The Bertz CT molecular complexity index is 390. The van der Waals surface area contributed by atoms with Crippen LogP contribution in [0, 0.1) is 0 Å². The van der Waals surface area contributed by atoms with Gasteiger partial charge in [0.2, 0.25) is 0 Å². The second kappa shape index (κ2) is 2.71. The lowest BCUT2D eigenvalue weighted by molar-refractivity contribution is 0.0697. The van der Waals surface area contributed by atoms with Crippen LogP contribution in [0.15, 0.2) is 24.2 Å². The van der Waals surface area contributed by atoms with Gasteiger partial charge in [-0.25, -0.2) is 4.79 Å². The van der Waals surface area contributed by atoms with Crippen molar-refractivity contribution in [2.24, 2.45) is 0 Å². The maximum absolute atomic E-state index is 10.6. The fourth-order valence-electron chi connectivity index (χ4n) is 0.428. The summed E-state index contributed by atoms with van der Waals surface area (Å²) >= 11 is 5.46. The van der Waals surface area contributed by atoms with Crippen molar-refractivity contribution in [2.45, 2.75) is 0 Å². The average Bonchev–Trinajstić information content (AvgIpc) is 2.11. The summed E-state index contributed by atoms with van der Waals surface area (Å²) in [5.41, 5.74) is -0.643. The molecule has 1 aromatic rings. The molecule has 0 aliphatic heterocycles. The van der Waals surface area contributed by atoms with Crippen molar-refractivity contribution in [1.29, 1.82) is 0 Å². The molecule has 1 N–H and O–H groups in total. The smallest absolute Gasteiger partial charge is 0.335 e. The molecule has 0 aromatic heterocycles. The van der Waals surface area contributed by atoms with Crippen LogP contribution in [0.5, 0.6) is 0 Å². The number of carboxylic acid groups (broad SMARTS) is 1. The van der Waals surface area contributed by atoms with E-state index in [-0.39, 0.29) is 0 Å². The van der Waals surface area contributed by atoms with Crippen molar-refractivity contribution in [3.63, 3.8) is 0 Å². The molecule has 0 fully saturated rings. The Morgan fingerprint density at radius 2 is 2.40 bits per heavy atom. The van der Waals surface area contributed by atoms with Crippen LogP contribution in [0.1, 0.15) is 15.8 Å². The highest BCUT2D eigenvalue weighted by molar-refractivity contribution is 6.30. The number of hydrogen-bond acceptors (Lipinski definition) is 1. The molecule has 0 saturated heterocycles. The van der Waals surface area contributed by atoms with E-state index in [9.17, 15) is 4.79 Å². The lowest BCUT2D eigenvalue weighted by Crippen LogP contribution is -1.94. The third-order valence-electron chi connectivity index (χ3n) is 0.808. The molecule has 0 amide bonds. The summed E-state index contributed by atoms with van der Waals surface area (Å²) in [7, 11) is 0. The minimum absolute atomic E-state index is 0.414. The molecule has 0 aliphatic rings. The number of aromatic carboxylic acids is 1. The number of carbonyl (C=O) groups is 1. The van der Waals surface area contributed by atoms with Gasteiger partial charge in [-0.1, -0.05) is 17.6 Å². The van der Waals surface area contributed by atoms with Gasteiger partial charge >= 0.3 is 5.97 Å². The summed E-state index contributed by atoms with van der Waals surface area (Å²) in [4.78, 5) is 10.6. The van der Waals surface area contributed by atoms with Crippen LogP contribution in [-0.4, -0.2) is 11.1 Å². The summed E-state index contributed by atoms with van der Waals surface area (Å²) in [6.45, 7) is 0. The van der Waals surface area contributed by atoms with E-state index >= 15 is 0 Å². The summed E-state index contributed by atoms with van der Waals surface area (Å²) in [6, 6.07) is -2.32. The molecule has 52 valence electrons. The normalized spacial score (nSPS) is 14.9. The first-order valence-electron chi connectivity index (χ1n) is 4.37. The van der Waals surface area contributed by atoms with Crippen molar-refractivity contribution in [3.8, 4) is 0 Å². The Labute approximate surface area is 68.7 Å². The third kappa shape index (κ3) is 1.48. The molecule has 0 aliphatic carbocycles. The molecule has 3 heteroatoms. The average molecular weight is 161 g/mol. The largest absolute Gasteiger partial charge is 0.478 e. The minimum atomic E-state index is -1.49. The van der Waals surface area contributed by atoms with E-state index in [2.05, 4.69) is 0 Å². The van der Waals surface area contributed by atoms with Gasteiger partial charge in [-0.2, -0.15) is 0 Å². The Balaban J connectivity index is 3.68. The van der Waals surface area contributed by atoms with E-state index in [1.54, 1.807) is 0 Å². The van der Waals surface area contributed by atoms with Gasteiger partial charge < -0.3 is 5.11 Å². The Morgan fingerprint density at radius 3 is 3.00 bits per heavy atom. The van der Waals surface area contributed by atoms with Gasteiger partial charge in [0.1, 0.15) is 0 Å². The Kier molecular flexibility index (Phi) is 0.919. The highest BCUT2D eigenvalue weighted by Gasteiger charge is 2.00. The van der Waals surface area contributed by atoms with Crippen LogP contribution in [0.4, 0.5) is 0 Å². The molecule has 2 nitrogen and oxygen atoms in total. The van der Waals surface area contributed by atoms with Crippen molar-refractivity contribution >= 4 is 17.6 Å². The molecular weight excluding hydrogens is 152 g/mol. The molecule has 0 saturated carbocycles. The zero-order valence-electron chi connectivity index (χ0n) is 8.73. The van der Waals surface area contributed by atoms with Crippen molar-refractivity contribution in [2.75, 3.05) is 0 Å². The Morgan fingerprint density at radius 1 is 1.70 bits per heavy atom. The highest BCUT2D eigenvalue weighted by atomic mass is 35.5. The van der Waals surface area contributed by atoms with E-state index in [1.165, 1.54) is 0 Å². The van der Waals surface area contributed by atoms with E-state index in [1.807, 2.05) is 0 Å². The number of rotatable bonds is 1. The molecular formula is C7H5ClO2. The van der Waals surface area contributed by atoms with Crippen molar-refractivity contribution in [1.82, 2.24) is 0 Å². The van der Waals surface area contributed by atoms with Crippen LogP contribution >= 0.6 is 11.6 Å². The lowest BCUT2D eigenvalue weighted by atomic mass is 10.2. The topological polar surface area (TPSA) is 37.3 Å². The quantitative estimate of drug-likeness (QED) is 0.683. The highest BCUT2D eigenvalue weighted by Crippen LogP contribution is 2.09. The molecule has 0 radical (unpaired) electrons. The van der Waals surface area contributed by atoms with Gasteiger partial charge in [0.05, 0.1) is 11.0 Å². The standard InChI is InChI=1S/C7H5ClO2/c8-6-3-1-2-5(4-6)7(9)10/h1-4H,(H,9,10)/i1D,2D,3D,4D. The summed E-state index contributed by atoms with van der Waals surface area (Å²) < 4.78 is 28.9. The van der Waals surface area contributed by atoms with E-state index < -0.39 is 40.7 Å². The SMILES string of the molecule is [2H]c1c([2H])c(Cl)c([2H])c(C(=O)O)c1[2H]. The first kappa shape index (κ1) is 3.39.